The maximum Gasteiger partial charge on any atom is 0.290 e. The molecule has 180 valence electrons. The summed E-state index contributed by atoms with van der Waals surface area (Å²) in [6, 6.07) is 9.44. The van der Waals surface area contributed by atoms with Crippen LogP contribution in [0.5, 0.6) is 0 Å². The molecule has 2 N–H and O–H groups in total. The monoisotopic (exact) mass is 461 g/mol. The third-order valence-corrected chi connectivity index (χ3v) is 5.26. The topological polar surface area (TPSA) is 136 Å². The molecule has 0 saturated carbocycles. The highest BCUT2D eigenvalue weighted by atomic mass is 16.3. The molecule has 2 heterocycles. The Balaban J connectivity index is 0.000000819. The Labute approximate surface area is 192 Å². The average molecular weight is 462 g/mol. The average Bonchev–Trinajstić information content (AvgIpc) is 3.35. The van der Waals surface area contributed by atoms with Gasteiger partial charge in [0.05, 0.1) is 0 Å². The van der Waals surface area contributed by atoms with Gasteiger partial charge in [0.15, 0.2) is 0 Å². The first-order valence-corrected chi connectivity index (χ1v) is 10.1. The Morgan fingerprint density at radius 1 is 1.00 bits per heavy atom. The number of benzene rings is 1. The summed E-state index contributed by atoms with van der Waals surface area (Å²) < 4.78 is 1.75. The van der Waals surface area contributed by atoms with Crippen molar-refractivity contribution in [2.75, 3.05) is 46.2 Å². The van der Waals surface area contributed by atoms with Crippen molar-refractivity contribution in [3.05, 3.63) is 48.3 Å². The molecule has 1 aliphatic heterocycles. The smallest absolute Gasteiger partial charge is 0.290 e. The third-order valence-electron chi connectivity index (χ3n) is 5.26. The largest absolute Gasteiger partial charge is 0.483 e. The Bertz CT molecular complexity index is 883. The van der Waals surface area contributed by atoms with E-state index in [1.165, 1.54) is 0 Å². The van der Waals surface area contributed by atoms with Gasteiger partial charge in [0.2, 0.25) is 5.91 Å². The molecule has 0 bridgehead atoms. The summed E-state index contributed by atoms with van der Waals surface area (Å²) in [5, 5.41) is 18.1. The van der Waals surface area contributed by atoms with Crippen molar-refractivity contribution in [1.82, 2.24) is 19.6 Å². The molecule has 0 unspecified atom stereocenters. The molecule has 2 aromatic rings. The predicted molar refractivity (Wildman–Crippen MR) is 122 cm³/mol. The van der Waals surface area contributed by atoms with E-state index in [1.54, 1.807) is 29.9 Å². The van der Waals surface area contributed by atoms with Crippen LogP contribution in [0.25, 0.3) is 0 Å². The summed E-state index contributed by atoms with van der Waals surface area (Å²) in [6.45, 7) is 0.543. The molecule has 0 atom stereocenters. The summed E-state index contributed by atoms with van der Waals surface area (Å²) in [4.78, 5) is 48.0. The number of hydrogen-bond acceptors (Lipinski definition) is 6. The molecule has 1 fully saturated rings. The van der Waals surface area contributed by atoms with Gasteiger partial charge in [-0.05, 0) is 43.2 Å². The van der Waals surface area contributed by atoms with Crippen molar-refractivity contribution in [2.45, 2.75) is 18.4 Å². The second kappa shape index (κ2) is 12.8. The third kappa shape index (κ3) is 6.79. The molecule has 11 nitrogen and oxygen atoms in total. The lowest BCUT2D eigenvalue weighted by Gasteiger charge is -2.42. The Hall–Kier alpha value is -3.89. The number of likely N-dealkylation sites (N-methyl/N-ethyl adjacent to an activating group) is 1. The van der Waals surface area contributed by atoms with Crippen molar-refractivity contribution < 1.29 is 29.4 Å². The molecule has 1 saturated heterocycles. The van der Waals surface area contributed by atoms with Crippen molar-refractivity contribution in [2.24, 2.45) is 0 Å². The number of piperidine rings is 1. The fourth-order valence-electron chi connectivity index (χ4n) is 3.64. The fourth-order valence-corrected chi connectivity index (χ4v) is 3.64. The zero-order valence-electron chi connectivity index (χ0n) is 19.3. The van der Waals surface area contributed by atoms with Crippen LogP contribution in [0.4, 0.5) is 5.69 Å². The lowest BCUT2D eigenvalue weighted by molar-refractivity contribution is -0.141. The summed E-state index contributed by atoms with van der Waals surface area (Å²) in [7, 11) is 7.46. The number of aromatic nitrogens is 2. The molecule has 11 heteroatoms. The van der Waals surface area contributed by atoms with E-state index in [1.807, 2.05) is 60.4 Å². The Morgan fingerprint density at radius 2 is 1.52 bits per heavy atom. The van der Waals surface area contributed by atoms with Crippen LogP contribution in [0, 0.1) is 0 Å². The molecule has 1 aliphatic rings. The first-order chi connectivity index (χ1) is 15.7. The van der Waals surface area contributed by atoms with Crippen molar-refractivity contribution >= 4 is 30.4 Å². The van der Waals surface area contributed by atoms with Crippen molar-refractivity contribution in [3.63, 3.8) is 0 Å². The normalized spacial score (nSPS) is 13.9. The molecular formula is C22H31N5O6. The van der Waals surface area contributed by atoms with E-state index >= 15 is 0 Å². The quantitative estimate of drug-likeness (QED) is 0.646. The van der Waals surface area contributed by atoms with Crippen LogP contribution in [0.3, 0.4) is 0 Å². The van der Waals surface area contributed by atoms with E-state index in [0.29, 0.717) is 31.5 Å². The molecule has 1 aromatic heterocycles. The van der Waals surface area contributed by atoms with Crippen LogP contribution >= 0.6 is 0 Å². The zero-order valence-corrected chi connectivity index (χ0v) is 19.3. The highest BCUT2D eigenvalue weighted by Gasteiger charge is 2.45. The van der Waals surface area contributed by atoms with E-state index in [0.717, 1.165) is 5.69 Å². The van der Waals surface area contributed by atoms with Crippen LogP contribution in [0.1, 0.15) is 23.2 Å². The minimum absolute atomic E-state index is 0.00618. The number of hydrogen-bond donors (Lipinski definition) is 2. The summed E-state index contributed by atoms with van der Waals surface area (Å²) in [5.74, 6) is 0.0281. The van der Waals surface area contributed by atoms with E-state index < -0.39 is 5.54 Å². The summed E-state index contributed by atoms with van der Waals surface area (Å²) in [6.07, 6.45) is 4.62. The number of amides is 2. The maximum atomic E-state index is 12.9. The van der Waals surface area contributed by atoms with Gasteiger partial charge >= 0.3 is 0 Å². The highest BCUT2D eigenvalue weighted by molar-refractivity contribution is 5.95. The number of likely N-dealkylation sites (tertiary alicyclic amines) is 1. The SMILES string of the molecule is CN(C)C(=O)C1(n2cccn2)CCN(C(=O)c2ccc(N(C)C)cc2)CC1.O=CO.O=CO. The molecular weight excluding hydrogens is 430 g/mol. The Morgan fingerprint density at radius 3 is 1.91 bits per heavy atom. The van der Waals surface area contributed by atoms with Gasteiger partial charge in [-0.15, -0.1) is 0 Å². The van der Waals surface area contributed by atoms with Crippen LogP contribution in [0.15, 0.2) is 42.7 Å². The molecule has 1 aromatic carbocycles. The molecule has 0 radical (unpaired) electrons. The highest BCUT2D eigenvalue weighted by Crippen LogP contribution is 2.32. The minimum atomic E-state index is -0.724. The van der Waals surface area contributed by atoms with Gasteiger partial charge in [-0.1, -0.05) is 0 Å². The lowest BCUT2D eigenvalue weighted by atomic mass is 9.86. The fraction of sp³-hybridized carbons (Fsp3) is 0.409. The molecule has 33 heavy (non-hydrogen) atoms. The van der Waals surface area contributed by atoms with Crippen LogP contribution in [0.2, 0.25) is 0 Å². The van der Waals surface area contributed by atoms with Gasteiger partial charge in [0.1, 0.15) is 5.54 Å². The predicted octanol–water partition coefficient (Wildman–Crippen LogP) is 1.07. The number of carbonyl (C=O) groups is 4. The number of carbonyl (C=O) groups excluding carboxylic acids is 2. The Kier molecular flexibility index (Phi) is 10.6. The van der Waals surface area contributed by atoms with Crippen molar-refractivity contribution in [3.8, 4) is 0 Å². The second-order valence-corrected chi connectivity index (χ2v) is 7.63. The van der Waals surface area contributed by atoms with Gasteiger partial charge in [-0.2, -0.15) is 5.10 Å². The van der Waals surface area contributed by atoms with Crippen LogP contribution in [-0.4, -0.2) is 95.8 Å². The minimum Gasteiger partial charge on any atom is -0.483 e. The van der Waals surface area contributed by atoms with Gasteiger partial charge in [-0.3, -0.25) is 23.9 Å². The summed E-state index contributed by atoms with van der Waals surface area (Å²) >= 11 is 0. The van der Waals surface area contributed by atoms with E-state index in [4.69, 9.17) is 19.8 Å². The molecule has 0 aliphatic carbocycles. The maximum absolute atomic E-state index is 12.9. The summed E-state index contributed by atoms with van der Waals surface area (Å²) in [5.41, 5.74) is 1.00. The zero-order chi connectivity index (χ0) is 25.0. The van der Waals surface area contributed by atoms with Gasteiger partial charge in [-0.25, -0.2) is 0 Å². The van der Waals surface area contributed by atoms with Crippen LogP contribution < -0.4 is 4.90 Å². The van der Waals surface area contributed by atoms with Crippen molar-refractivity contribution in [1.29, 1.82) is 0 Å². The van der Waals surface area contributed by atoms with E-state index in [9.17, 15) is 9.59 Å². The molecule has 3 rings (SSSR count). The number of anilines is 1. The van der Waals surface area contributed by atoms with E-state index in [2.05, 4.69) is 5.10 Å². The number of nitrogens with zero attached hydrogens (tertiary/aromatic N) is 5. The van der Waals surface area contributed by atoms with E-state index in [-0.39, 0.29) is 24.8 Å². The first-order valence-electron chi connectivity index (χ1n) is 10.1. The number of rotatable bonds is 4. The molecule has 2 amide bonds. The standard InChI is InChI=1S/C20H27N5O2.2CH2O2/c1-22(2)17-8-6-16(7-9-17)18(26)24-14-10-20(11-15-24,19(27)23(3)4)25-13-5-12-21-25;2*2-1-3/h5-9,12-13H,10-11,14-15H2,1-4H3;2*1H,(H,2,3). The second-order valence-electron chi connectivity index (χ2n) is 7.63. The first kappa shape index (κ1) is 27.1. The van der Waals surface area contributed by atoms with Gasteiger partial charge in [0, 0.05) is 64.9 Å². The lowest BCUT2D eigenvalue weighted by Crippen LogP contribution is -2.55. The number of carboxylic acid groups (broad SMARTS) is 2. The van der Waals surface area contributed by atoms with Gasteiger partial charge < -0.3 is 24.9 Å². The van der Waals surface area contributed by atoms with Crippen LogP contribution in [-0.2, 0) is 19.9 Å². The molecule has 0 spiro atoms. The van der Waals surface area contributed by atoms with Gasteiger partial charge in [0.25, 0.3) is 18.9 Å².